The Morgan fingerprint density at radius 3 is 2.00 bits per heavy atom. The van der Waals surface area contributed by atoms with Crippen molar-refractivity contribution >= 4 is 6.29 Å². The molecule has 14 heavy (non-hydrogen) atoms. The Hall–Kier alpha value is -0.370. The molecule has 0 aromatic rings. The lowest BCUT2D eigenvalue weighted by Gasteiger charge is -2.02. The molecule has 1 atom stereocenters. The molecule has 1 unspecified atom stereocenters. The molecule has 0 saturated heterocycles. The molecule has 0 radical (unpaired) electrons. The van der Waals surface area contributed by atoms with Crippen LogP contribution in [0.2, 0.25) is 0 Å². The average molecular weight is 200 g/mol. The highest BCUT2D eigenvalue weighted by atomic mass is 16.3. The van der Waals surface area contributed by atoms with Crippen LogP contribution in [0.5, 0.6) is 0 Å². The van der Waals surface area contributed by atoms with Crippen molar-refractivity contribution in [2.24, 2.45) is 0 Å². The molecule has 0 amide bonds. The molecule has 84 valence electrons. The summed E-state index contributed by atoms with van der Waals surface area (Å²) in [6.07, 6.45) is 10.6. The van der Waals surface area contributed by atoms with Crippen molar-refractivity contribution in [2.75, 3.05) is 0 Å². The van der Waals surface area contributed by atoms with Gasteiger partial charge in [-0.1, -0.05) is 58.3 Å². The van der Waals surface area contributed by atoms with Crippen molar-refractivity contribution in [1.29, 1.82) is 0 Å². The predicted molar refractivity (Wildman–Crippen MR) is 59.3 cm³/mol. The number of hydrogen-bond acceptors (Lipinski definition) is 2. The Kier molecular flexibility index (Phi) is 10.4. The Morgan fingerprint density at radius 2 is 1.50 bits per heavy atom. The molecule has 0 spiro atoms. The fourth-order valence-corrected chi connectivity index (χ4v) is 1.56. The monoisotopic (exact) mass is 200 g/mol. The van der Waals surface area contributed by atoms with Crippen LogP contribution in [0, 0.1) is 0 Å². The van der Waals surface area contributed by atoms with Crippen LogP contribution in [0.15, 0.2) is 0 Å². The summed E-state index contributed by atoms with van der Waals surface area (Å²) >= 11 is 0. The van der Waals surface area contributed by atoms with Crippen LogP contribution < -0.4 is 0 Å². The van der Waals surface area contributed by atoms with Crippen molar-refractivity contribution in [3.8, 4) is 0 Å². The van der Waals surface area contributed by atoms with E-state index in [2.05, 4.69) is 6.92 Å². The largest absolute Gasteiger partial charge is 0.386 e. The van der Waals surface area contributed by atoms with Crippen LogP contribution in [0.25, 0.3) is 0 Å². The third-order valence-electron chi connectivity index (χ3n) is 2.51. The number of hydrogen-bond donors (Lipinski definition) is 1. The van der Waals surface area contributed by atoms with Gasteiger partial charge in [-0.2, -0.15) is 0 Å². The number of aliphatic hydroxyl groups is 1. The number of aliphatic hydroxyl groups excluding tert-OH is 1. The molecule has 0 aliphatic heterocycles. The van der Waals surface area contributed by atoms with Crippen LogP contribution in [-0.2, 0) is 4.79 Å². The van der Waals surface area contributed by atoms with E-state index in [1.54, 1.807) is 0 Å². The molecule has 0 bridgehead atoms. The standard InChI is InChI=1S/C12H24O2/c1-2-3-4-5-6-7-8-9-10-12(14)11-13/h11-12,14H,2-10H2,1H3. The lowest BCUT2D eigenvalue weighted by molar-refractivity contribution is -0.115. The van der Waals surface area contributed by atoms with E-state index in [4.69, 9.17) is 5.11 Å². The summed E-state index contributed by atoms with van der Waals surface area (Å²) in [7, 11) is 0. The maximum Gasteiger partial charge on any atom is 0.148 e. The van der Waals surface area contributed by atoms with Gasteiger partial charge in [-0.05, 0) is 6.42 Å². The molecule has 2 heteroatoms. The van der Waals surface area contributed by atoms with Gasteiger partial charge in [0, 0.05) is 0 Å². The van der Waals surface area contributed by atoms with Gasteiger partial charge in [-0.25, -0.2) is 0 Å². The van der Waals surface area contributed by atoms with Gasteiger partial charge in [0.2, 0.25) is 0 Å². The third-order valence-corrected chi connectivity index (χ3v) is 2.51. The minimum absolute atomic E-state index is 0.626. The van der Waals surface area contributed by atoms with Gasteiger partial charge >= 0.3 is 0 Å². The molecule has 0 fully saturated rings. The summed E-state index contributed by atoms with van der Waals surface area (Å²) in [5, 5.41) is 8.96. The molecule has 0 aliphatic carbocycles. The average Bonchev–Trinajstić information content (AvgIpc) is 2.21. The Labute approximate surface area is 87.7 Å². The van der Waals surface area contributed by atoms with Crippen molar-refractivity contribution in [3.05, 3.63) is 0 Å². The molecule has 0 heterocycles. The molecule has 0 aromatic heterocycles. The van der Waals surface area contributed by atoms with Crippen LogP contribution in [0.3, 0.4) is 0 Å². The minimum atomic E-state index is -0.727. The summed E-state index contributed by atoms with van der Waals surface area (Å²) < 4.78 is 0. The van der Waals surface area contributed by atoms with E-state index < -0.39 is 6.10 Å². The summed E-state index contributed by atoms with van der Waals surface area (Å²) in [6.45, 7) is 2.22. The van der Waals surface area contributed by atoms with Gasteiger partial charge < -0.3 is 9.90 Å². The second-order valence-electron chi connectivity index (χ2n) is 3.97. The third kappa shape index (κ3) is 9.72. The first-order valence-corrected chi connectivity index (χ1v) is 5.94. The molecule has 2 nitrogen and oxygen atoms in total. The highest BCUT2D eigenvalue weighted by molar-refractivity contribution is 5.55. The number of aldehydes is 1. The van der Waals surface area contributed by atoms with Gasteiger partial charge in [0.15, 0.2) is 0 Å². The topological polar surface area (TPSA) is 37.3 Å². The Bertz CT molecular complexity index is 123. The fourth-order valence-electron chi connectivity index (χ4n) is 1.56. The van der Waals surface area contributed by atoms with Crippen LogP contribution >= 0.6 is 0 Å². The molecule has 0 aliphatic rings. The summed E-state index contributed by atoms with van der Waals surface area (Å²) in [5.41, 5.74) is 0. The van der Waals surface area contributed by atoms with Gasteiger partial charge in [-0.15, -0.1) is 0 Å². The lowest BCUT2D eigenvalue weighted by Crippen LogP contribution is -2.06. The predicted octanol–water partition coefficient (Wildman–Crippen LogP) is 3.08. The van der Waals surface area contributed by atoms with Crippen molar-refractivity contribution in [1.82, 2.24) is 0 Å². The first-order valence-electron chi connectivity index (χ1n) is 5.94. The quantitative estimate of drug-likeness (QED) is 0.434. The van der Waals surface area contributed by atoms with Crippen molar-refractivity contribution in [3.63, 3.8) is 0 Å². The smallest absolute Gasteiger partial charge is 0.148 e. The van der Waals surface area contributed by atoms with Crippen molar-refractivity contribution in [2.45, 2.75) is 70.8 Å². The molecule has 0 rings (SSSR count). The number of carbonyl (C=O) groups is 1. The van der Waals surface area contributed by atoms with E-state index in [-0.39, 0.29) is 0 Å². The van der Waals surface area contributed by atoms with Crippen LogP contribution in [0.1, 0.15) is 64.7 Å². The SMILES string of the molecule is CCCCCCCCCCC(O)C=O. The molecule has 0 saturated carbocycles. The zero-order valence-electron chi connectivity index (χ0n) is 9.37. The van der Waals surface area contributed by atoms with E-state index >= 15 is 0 Å². The molecular weight excluding hydrogens is 176 g/mol. The Morgan fingerprint density at radius 1 is 1.00 bits per heavy atom. The van der Waals surface area contributed by atoms with Gasteiger partial charge in [0.25, 0.3) is 0 Å². The number of unbranched alkanes of at least 4 members (excludes halogenated alkanes) is 7. The van der Waals surface area contributed by atoms with Crippen LogP contribution in [-0.4, -0.2) is 17.5 Å². The summed E-state index contributed by atoms with van der Waals surface area (Å²) in [6, 6.07) is 0. The molecule has 0 aromatic carbocycles. The normalized spacial score (nSPS) is 12.7. The first kappa shape index (κ1) is 13.6. The second-order valence-corrected chi connectivity index (χ2v) is 3.97. The zero-order valence-corrected chi connectivity index (χ0v) is 9.37. The van der Waals surface area contributed by atoms with Gasteiger partial charge in [0.05, 0.1) is 0 Å². The van der Waals surface area contributed by atoms with Crippen LogP contribution in [0.4, 0.5) is 0 Å². The van der Waals surface area contributed by atoms with Gasteiger partial charge in [-0.3, -0.25) is 0 Å². The van der Waals surface area contributed by atoms with E-state index in [1.807, 2.05) is 0 Å². The molecule has 1 N–H and O–H groups in total. The summed E-state index contributed by atoms with van der Waals surface area (Å²) in [5.74, 6) is 0. The highest BCUT2D eigenvalue weighted by Crippen LogP contribution is 2.09. The summed E-state index contributed by atoms with van der Waals surface area (Å²) in [4.78, 5) is 10.1. The minimum Gasteiger partial charge on any atom is -0.386 e. The number of carbonyl (C=O) groups excluding carboxylic acids is 1. The van der Waals surface area contributed by atoms with E-state index in [9.17, 15) is 4.79 Å². The maximum absolute atomic E-state index is 10.1. The van der Waals surface area contributed by atoms with E-state index in [0.29, 0.717) is 12.7 Å². The highest BCUT2D eigenvalue weighted by Gasteiger charge is 1.99. The zero-order chi connectivity index (χ0) is 10.6. The maximum atomic E-state index is 10.1. The van der Waals surface area contributed by atoms with Crippen molar-refractivity contribution < 1.29 is 9.90 Å². The second kappa shape index (κ2) is 10.7. The Balaban J connectivity index is 2.95. The number of rotatable bonds is 10. The van der Waals surface area contributed by atoms with E-state index in [1.165, 1.54) is 38.5 Å². The first-order chi connectivity index (χ1) is 6.81. The lowest BCUT2D eigenvalue weighted by atomic mass is 10.1. The fraction of sp³-hybridized carbons (Fsp3) is 0.917. The van der Waals surface area contributed by atoms with Gasteiger partial charge in [0.1, 0.15) is 12.4 Å². The van der Waals surface area contributed by atoms with E-state index in [0.717, 1.165) is 12.8 Å². The molecular formula is C12H24O2.